The molecule has 0 unspecified atom stereocenters. The Labute approximate surface area is 157 Å². The molecule has 0 N–H and O–H groups in total. The number of ether oxygens (including phenoxy) is 6. The standard InChI is InChI=1S/C20H22O7/c1-22-13-8-6-11(10-15(13)24-3)17-20(26-5)16(21)12-7-9-14(23-2)19(25-4)18(12)27-17/h6-10,17,20H,1-5H3/t17-,20+/m1/s1. The number of fused-ring (bicyclic) bond motifs is 1. The highest BCUT2D eigenvalue weighted by molar-refractivity contribution is 6.04. The Morgan fingerprint density at radius 1 is 0.815 bits per heavy atom. The first-order valence-corrected chi connectivity index (χ1v) is 8.30. The first-order chi connectivity index (χ1) is 13.1. The number of hydrogen-bond acceptors (Lipinski definition) is 7. The predicted molar refractivity (Wildman–Crippen MR) is 97.6 cm³/mol. The second-order valence-corrected chi connectivity index (χ2v) is 5.85. The summed E-state index contributed by atoms with van der Waals surface area (Å²) in [5.74, 6) is 2.09. The van der Waals surface area contributed by atoms with E-state index in [1.54, 1.807) is 38.5 Å². The second kappa shape index (κ2) is 7.75. The summed E-state index contributed by atoms with van der Waals surface area (Å²) in [7, 11) is 7.61. The van der Waals surface area contributed by atoms with Gasteiger partial charge >= 0.3 is 0 Å². The van der Waals surface area contributed by atoms with Crippen LogP contribution in [-0.4, -0.2) is 47.4 Å². The van der Waals surface area contributed by atoms with Gasteiger partial charge in [-0.05, 0) is 29.8 Å². The summed E-state index contributed by atoms with van der Waals surface area (Å²) in [6.45, 7) is 0. The molecule has 0 spiro atoms. The van der Waals surface area contributed by atoms with E-state index in [2.05, 4.69) is 0 Å². The maximum absolute atomic E-state index is 13.0. The number of Topliss-reactive ketones (excluding diaryl/α,β-unsaturated/α-hetero) is 1. The Morgan fingerprint density at radius 3 is 2.07 bits per heavy atom. The maximum atomic E-state index is 13.0. The van der Waals surface area contributed by atoms with Crippen LogP contribution in [0.5, 0.6) is 28.7 Å². The van der Waals surface area contributed by atoms with Crippen molar-refractivity contribution in [2.75, 3.05) is 35.5 Å². The molecule has 2 aromatic carbocycles. The van der Waals surface area contributed by atoms with Crippen LogP contribution in [0.3, 0.4) is 0 Å². The van der Waals surface area contributed by atoms with E-state index >= 15 is 0 Å². The van der Waals surface area contributed by atoms with E-state index in [1.165, 1.54) is 21.3 Å². The average Bonchev–Trinajstić information content (AvgIpc) is 2.71. The van der Waals surface area contributed by atoms with Crippen molar-refractivity contribution < 1.29 is 33.2 Å². The summed E-state index contributed by atoms with van der Waals surface area (Å²) in [6, 6.07) is 8.65. The van der Waals surface area contributed by atoms with Gasteiger partial charge in [0.15, 0.2) is 41.0 Å². The van der Waals surface area contributed by atoms with Crippen LogP contribution in [0.25, 0.3) is 0 Å². The first kappa shape index (κ1) is 18.8. The monoisotopic (exact) mass is 374 g/mol. The molecule has 1 aliphatic heterocycles. The number of carbonyl (C=O) groups excluding carboxylic acids is 1. The van der Waals surface area contributed by atoms with Gasteiger partial charge in [0.05, 0.1) is 34.0 Å². The summed E-state index contributed by atoms with van der Waals surface area (Å²) in [6.07, 6.45) is -1.50. The molecule has 144 valence electrons. The van der Waals surface area contributed by atoms with Crippen molar-refractivity contribution in [2.45, 2.75) is 12.2 Å². The van der Waals surface area contributed by atoms with Crippen molar-refractivity contribution in [3.05, 3.63) is 41.5 Å². The molecule has 0 aromatic heterocycles. The minimum atomic E-state index is -0.811. The second-order valence-electron chi connectivity index (χ2n) is 5.85. The Kier molecular flexibility index (Phi) is 5.41. The van der Waals surface area contributed by atoms with Gasteiger partial charge in [0.25, 0.3) is 0 Å². The van der Waals surface area contributed by atoms with E-state index < -0.39 is 12.2 Å². The van der Waals surface area contributed by atoms with Gasteiger partial charge in [-0.25, -0.2) is 0 Å². The molecule has 0 saturated heterocycles. The third-order valence-electron chi connectivity index (χ3n) is 4.53. The lowest BCUT2D eigenvalue weighted by atomic mass is 9.92. The summed E-state index contributed by atoms with van der Waals surface area (Å²) < 4.78 is 33.0. The lowest BCUT2D eigenvalue weighted by molar-refractivity contribution is -0.00183. The van der Waals surface area contributed by atoms with Gasteiger partial charge in [-0.15, -0.1) is 0 Å². The highest BCUT2D eigenvalue weighted by Crippen LogP contribution is 2.47. The fourth-order valence-electron chi connectivity index (χ4n) is 3.19. The van der Waals surface area contributed by atoms with Crippen LogP contribution >= 0.6 is 0 Å². The minimum absolute atomic E-state index is 0.195. The third-order valence-corrected chi connectivity index (χ3v) is 4.53. The molecule has 0 aliphatic carbocycles. The fourth-order valence-corrected chi connectivity index (χ4v) is 3.19. The Bertz CT molecular complexity index is 846. The van der Waals surface area contributed by atoms with Crippen LogP contribution in [0.4, 0.5) is 0 Å². The molecule has 0 fully saturated rings. The molecule has 2 atom stereocenters. The zero-order valence-corrected chi connectivity index (χ0v) is 15.9. The zero-order valence-electron chi connectivity index (χ0n) is 15.9. The normalized spacial score (nSPS) is 18.3. The minimum Gasteiger partial charge on any atom is -0.493 e. The summed E-state index contributed by atoms with van der Waals surface area (Å²) in [5, 5.41) is 0. The summed E-state index contributed by atoms with van der Waals surface area (Å²) >= 11 is 0. The van der Waals surface area contributed by atoms with Gasteiger partial charge < -0.3 is 28.4 Å². The van der Waals surface area contributed by atoms with Crippen LogP contribution in [0.1, 0.15) is 22.0 Å². The molecule has 0 saturated carbocycles. The highest BCUT2D eigenvalue weighted by Gasteiger charge is 2.41. The lowest BCUT2D eigenvalue weighted by Gasteiger charge is -2.33. The number of methoxy groups -OCH3 is 5. The van der Waals surface area contributed by atoms with E-state index in [0.29, 0.717) is 39.9 Å². The molecular weight excluding hydrogens is 352 g/mol. The zero-order chi connectivity index (χ0) is 19.6. The van der Waals surface area contributed by atoms with Crippen molar-refractivity contribution in [1.82, 2.24) is 0 Å². The number of hydrogen-bond donors (Lipinski definition) is 0. The molecule has 7 nitrogen and oxygen atoms in total. The SMILES string of the molecule is COc1ccc([C@H]2Oc3c(ccc(OC)c3OC)C(=O)[C@@H]2OC)cc1OC. The molecule has 27 heavy (non-hydrogen) atoms. The predicted octanol–water partition coefficient (Wildman–Crippen LogP) is 3.05. The smallest absolute Gasteiger partial charge is 0.204 e. The van der Waals surface area contributed by atoms with Crippen molar-refractivity contribution in [2.24, 2.45) is 0 Å². The molecule has 1 heterocycles. The van der Waals surface area contributed by atoms with Gasteiger partial charge in [-0.3, -0.25) is 4.79 Å². The van der Waals surface area contributed by atoms with E-state index in [-0.39, 0.29) is 5.78 Å². The van der Waals surface area contributed by atoms with Gasteiger partial charge in [-0.1, -0.05) is 6.07 Å². The van der Waals surface area contributed by atoms with Crippen LogP contribution in [0.15, 0.2) is 30.3 Å². The quantitative estimate of drug-likeness (QED) is 0.769. The number of rotatable bonds is 6. The average molecular weight is 374 g/mol. The Morgan fingerprint density at radius 2 is 1.48 bits per heavy atom. The molecule has 1 aliphatic rings. The largest absolute Gasteiger partial charge is 0.493 e. The van der Waals surface area contributed by atoms with Crippen molar-refractivity contribution >= 4 is 5.78 Å². The van der Waals surface area contributed by atoms with Crippen LogP contribution in [0, 0.1) is 0 Å². The molecule has 0 radical (unpaired) electrons. The van der Waals surface area contributed by atoms with Crippen LogP contribution in [-0.2, 0) is 4.74 Å². The number of ketones is 1. The number of benzene rings is 2. The van der Waals surface area contributed by atoms with Crippen LogP contribution in [0.2, 0.25) is 0 Å². The fraction of sp³-hybridized carbons (Fsp3) is 0.350. The third kappa shape index (κ3) is 3.14. The van der Waals surface area contributed by atoms with Gasteiger partial charge in [0.2, 0.25) is 5.75 Å². The van der Waals surface area contributed by atoms with Crippen molar-refractivity contribution in [3.63, 3.8) is 0 Å². The molecule has 7 heteroatoms. The molecule has 2 aromatic rings. The van der Waals surface area contributed by atoms with Crippen molar-refractivity contribution in [1.29, 1.82) is 0 Å². The number of carbonyl (C=O) groups is 1. The molecule has 3 rings (SSSR count). The Hall–Kier alpha value is -2.93. The maximum Gasteiger partial charge on any atom is 0.204 e. The van der Waals surface area contributed by atoms with Crippen molar-refractivity contribution in [3.8, 4) is 28.7 Å². The molecule has 0 amide bonds. The van der Waals surface area contributed by atoms with E-state index in [9.17, 15) is 4.79 Å². The molecular formula is C20H22O7. The summed E-state index contributed by atoms with van der Waals surface area (Å²) in [5.41, 5.74) is 1.10. The first-order valence-electron chi connectivity index (χ1n) is 8.30. The highest BCUT2D eigenvalue weighted by atomic mass is 16.6. The topological polar surface area (TPSA) is 72.5 Å². The van der Waals surface area contributed by atoms with E-state index in [1.807, 2.05) is 6.07 Å². The Balaban J connectivity index is 2.12. The van der Waals surface area contributed by atoms with E-state index in [4.69, 9.17) is 28.4 Å². The van der Waals surface area contributed by atoms with Gasteiger partial charge in [0.1, 0.15) is 0 Å². The van der Waals surface area contributed by atoms with Gasteiger partial charge in [-0.2, -0.15) is 0 Å². The van der Waals surface area contributed by atoms with Crippen LogP contribution < -0.4 is 23.7 Å². The summed E-state index contributed by atoms with van der Waals surface area (Å²) in [4.78, 5) is 13.0. The van der Waals surface area contributed by atoms with Gasteiger partial charge in [0, 0.05) is 7.11 Å². The molecule has 0 bridgehead atoms. The van der Waals surface area contributed by atoms with E-state index in [0.717, 1.165) is 0 Å². The lowest BCUT2D eigenvalue weighted by Crippen LogP contribution is -2.38.